The lowest BCUT2D eigenvalue weighted by Gasteiger charge is -2.15. The van der Waals surface area contributed by atoms with E-state index in [4.69, 9.17) is 5.73 Å². The van der Waals surface area contributed by atoms with Crippen molar-refractivity contribution >= 4 is 17.5 Å². The fourth-order valence-corrected chi connectivity index (χ4v) is 1.62. The lowest BCUT2D eigenvalue weighted by molar-refractivity contribution is -0.138. The molecule has 1 heterocycles. The van der Waals surface area contributed by atoms with E-state index in [1.807, 2.05) is 6.92 Å². The standard InChI is InChI=1S/C11H18N4O4/c1-4-5-15-9(12)8(13-6-7(16)19-3)10(17)14(2)11(15)18/h13H,4-6,12H2,1-3H3. The minimum Gasteiger partial charge on any atom is -0.468 e. The van der Waals surface area contributed by atoms with E-state index in [9.17, 15) is 14.4 Å². The summed E-state index contributed by atoms with van der Waals surface area (Å²) in [6.07, 6.45) is 0.693. The number of nitrogen functional groups attached to an aromatic ring is 1. The Morgan fingerprint density at radius 3 is 2.58 bits per heavy atom. The first kappa shape index (κ1) is 14.8. The fourth-order valence-electron chi connectivity index (χ4n) is 1.62. The van der Waals surface area contributed by atoms with E-state index in [1.54, 1.807) is 0 Å². The smallest absolute Gasteiger partial charge is 0.332 e. The van der Waals surface area contributed by atoms with Gasteiger partial charge in [0.1, 0.15) is 18.1 Å². The van der Waals surface area contributed by atoms with Crippen molar-refractivity contribution in [1.82, 2.24) is 9.13 Å². The summed E-state index contributed by atoms with van der Waals surface area (Å²) < 4.78 is 6.71. The molecule has 0 radical (unpaired) electrons. The van der Waals surface area contributed by atoms with E-state index in [2.05, 4.69) is 10.1 Å². The van der Waals surface area contributed by atoms with Crippen molar-refractivity contribution in [3.05, 3.63) is 20.8 Å². The highest BCUT2D eigenvalue weighted by atomic mass is 16.5. The summed E-state index contributed by atoms with van der Waals surface area (Å²) >= 11 is 0. The number of ether oxygens (including phenoxy) is 1. The molecule has 0 atom stereocenters. The zero-order valence-corrected chi connectivity index (χ0v) is 11.2. The number of rotatable bonds is 5. The fraction of sp³-hybridized carbons (Fsp3) is 0.545. The van der Waals surface area contributed by atoms with Gasteiger partial charge >= 0.3 is 11.7 Å². The summed E-state index contributed by atoms with van der Waals surface area (Å²) in [4.78, 5) is 34.9. The molecule has 1 rings (SSSR count). The number of esters is 1. The maximum Gasteiger partial charge on any atom is 0.332 e. The molecule has 0 amide bonds. The van der Waals surface area contributed by atoms with Crippen molar-refractivity contribution in [3.63, 3.8) is 0 Å². The average molecular weight is 270 g/mol. The molecule has 1 aromatic heterocycles. The highest BCUT2D eigenvalue weighted by Gasteiger charge is 2.15. The minimum absolute atomic E-state index is 0.0267. The lowest BCUT2D eigenvalue weighted by atomic mass is 10.4. The van der Waals surface area contributed by atoms with E-state index in [0.717, 1.165) is 4.57 Å². The maximum absolute atomic E-state index is 11.9. The van der Waals surface area contributed by atoms with E-state index < -0.39 is 17.2 Å². The Kier molecular flexibility index (Phi) is 4.74. The van der Waals surface area contributed by atoms with Gasteiger partial charge in [-0.15, -0.1) is 0 Å². The highest BCUT2D eigenvalue weighted by Crippen LogP contribution is 2.10. The predicted molar refractivity (Wildman–Crippen MR) is 71.2 cm³/mol. The third-order valence-corrected chi connectivity index (χ3v) is 2.67. The maximum atomic E-state index is 11.9. The molecule has 0 aliphatic carbocycles. The molecule has 106 valence electrons. The first-order valence-corrected chi connectivity index (χ1v) is 5.84. The molecule has 0 unspecified atom stereocenters. The van der Waals surface area contributed by atoms with Crippen LogP contribution in [0.2, 0.25) is 0 Å². The van der Waals surface area contributed by atoms with E-state index in [0.29, 0.717) is 13.0 Å². The number of anilines is 2. The Morgan fingerprint density at radius 2 is 2.05 bits per heavy atom. The van der Waals surface area contributed by atoms with Gasteiger partial charge in [0.15, 0.2) is 0 Å². The molecule has 3 N–H and O–H groups in total. The highest BCUT2D eigenvalue weighted by molar-refractivity contribution is 5.76. The molecule has 8 heteroatoms. The molecule has 19 heavy (non-hydrogen) atoms. The molecule has 0 aromatic carbocycles. The molecule has 0 bridgehead atoms. The molecule has 8 nitrogen and oxygen atoms in total. The van der Waals surface area contributed by atoms with Gasteiger partial charge in [0.25, 0.3) is 5.56 Å². The zero-order chi connectivity index (χ0) is 14.6. The van der Waals surface area contributed by atoms with Crippen LogP contribution in [0, 0.1) is 0 Å². The first-order valence-electron chi connectivity index (χ1n) is 5.84. The Morgan fingerprint density at radius 1 is 1.42 bits per heavy atom. The van der Waals surface area contributed by atoms with Crippen LogP contribution in [0.1, 0.15) is 13.3 Å². The van der Waals surface area contributed by atoms with Crippen LogP contribution >= 0.6 is 0 Å². The molecule has 1 aromatic rings. The minimum atomic E-state index is -0.571. The normalized spacial score (nSPS) is 10.3. The lowest BCUT2D eigenvalue weighted by Crippen LogP contribution is -2.41. The number of carbonyl (C=O) groups excluding carboxylic acids is 1. The van der Waals surface area contributed by atoms with Crippen LogP contribution < -0.4 is 22.3 Å². The predicted octanol–water partition coefficient (Wildman–Crippen LogP) is -0.876. The summed E-state index contributed by atoms with van der Waals surface area (Å²) in [6.45, 7) is 2.09. The molecule has 0 saturated carbocycles. The largest absolute Gasteiger partial charge is 0.468 e. The molecule has 0 aliphatic heterocycles. The number of nitrogens with zero attached hydrogens (tertiary/aromatic N) is 2. The van der Waals surface area contributed by atoms with Gasteiger partial charge in [-0.3, -0.25) is 18.7 Å². The van der Waals surface area contributed by atoms with Gasteiger partial charge in [-0.2, -0.15) is 0 Å². The van der Waals surface area contributed by atoms with Gasteiger partial charge in [0, 0.05) is 13.6 Å². The molecule has 0 aliphatic rings. The van der Waals surface area contributed by atoms with Crippen LogP contribution in [0.25, 0.3) is 0 Å². The van der Waals surface area contributed by atoms with E-state index >= 15 is 0 Å². The first-order chi connectivity index (χ1) is 8.93. The van der Waals surface area contributed by atoms with Crippen LogP contribution in [0.15, 0.2) is 9.59 Å². The van der Waals surface area contributed by atoms with Gasteiger partial charge in [-0.25, -0.2) is 4.79 Å². The molecule has 0 saturated heterocycles. The number of carbonyl (C=O) groups is 1. The second kappa shape index (κ2) is 6.07. The Hall–Kier alpha value is -2.25. The zero-order valence-electron chi connectivity index (χ0n) is 11.2. The molecular weight excluding hydrogens is 252 g/mol. The quantitative estimate of drug-likeness (QED) is 0.673. The van der Waals surface area contributed by atoms with Crippen molar-refractivity contribution in [2.75, 3.05) is 24.7 Å². The molecule has 0 spiro atoms. The van der Waals surface area contributed by atoms with Gasteiger partial charge in [-0.1, -0.05) is 6.92 Å². The number of aromatic nitrogens is 2. The van der Waals surface area contributed by atoms with Gasteiger partial charge in [0.05, 0.1) is 7.11 Å². The second-order valence-corrected chi connectivity index (χ2v) is 3.99. The Labute approximate surface area is 109 Å². The van der Waals surface area contributed by atoms with Gasteiger partial charge < -0.3 is 15.8 Å². The Balaban J connectivity index is 3.27. The van der Waals surface area contributed by atoms with Crippen molar-refractivity contribution in [3.8, 4) is 0 Å². The third-order valence-electron chi connectivity index (χ3n) is 2.67. The van der Waals surface area contributed by atoms with Crippen molar-refractivity contribution in [1.29, 1.82) is 0 Å². The van der Waals surface area contributed by atoms with Gasteiger partial charge in [0.2, 0.25) is 0 Å². The van der Waals surface area contributed by atoms with E-state index in [1.165, 1.54) is 18.7 Å². The third kappa shape index (κ3) is 2.95. The van der Waals surface area contributed by atoms with Crippen LogP contribution in [0.5, 0.6) is 0 Å². The van der Waals surface area contributed by atoms with Crippen molar-refractivity contribution < 1.29 is 9.53 Å². The summed E-state index contributed by atoms with van der Waals surface area (Å²) in [5.41, 5.74) is 4.78. The van der Waals surface area contributed by atoms with Gasteiger partial charge in [-0.05, 0) is 6.42 Å². The molecular formula is C11H18N4O4. The van der Waals surface area contributed by atoms with Crippen molar-refractivity contribution in [2.45, 2.75) is 19.9 Å². The monoisotopic (exact) mass is 270 g/mol. The van der Waals surface area contributed by atoms with Crippen LogP contribution in [0.3, 0.4) is 0 Å². The summed E-state index contributed by atoms with van der Waals surface area (Å²) in [6, 6.07) is 0. The van der Waals surface area contributed by atoms with Crippen LogP contribution in [-0.4, -0.2) is 28.8 Å². The van der Waals surface area contributed by atoms with Crippen molar-refractivity contribution in [2.24, 2.45) is 7.05 Å². The number of hydrogen-bond acceptors (Lipinski definition) is 6. The van der Waals surface area contributed by atoms with Crippen LogP contribution in [0.4, 0.5) is 11.5 Å². The topological polar surface area (TPSA) is 108 Å². The number of nitrogens with two attached hydrogens (primary N) is 1. The number of hydrogen-bond donors (Lipinski definition) is 2. The molecule has 0 fully saturated rings. The van der Waals surface area contributed by atoms with Crippen LogP contribution in [-0.2, 0) is 23.1 Å². The number of nitrogens with one attached hydrogen (secondary N) is 1. The van der Waals surface area contributed by atoms with E-state index in [-0.39, 0.29) is 18.1 Å². The summed E-state index contributed by atoms with van der Waals surface area (Å²) in [5.74, 6) is -0.506. The Bertz CT molecular complexity index is 588. The second-order valence-electron chi connectivity index (χ2n) is 3.99. The summed E-state index contributed by atoms with van der Waals surface area (Å²) in [7, 11) is 2.60. The SMILES string of the molecule is CCCn1c(N)c(NCC(=O)OC)c(=O)n(C)c1=O. The average Bonchev–Trinajstić information content (AvgIpc) is 2.41. The number of methoxy groups -OCH3 is 1. The summed E-state index contributed by atoms with van der Waals surface area (Å²) in [5, 5.41) is 2.61.